The topological polar surface area (TPSA) is 26.0 Å². The van der Waals surface area contributed by atoms with Gasteiger partial charge in [0.05, 0.1) is 0 Å². The van der Waals surface area contributed by atoms with Crippen LogP contribution < -0.4 is 5.73 Å². The van der Waals surface area contributed by atoms with E-state index in [1.54, 1.807) is 0 Å². The Bertz CT molecular complexity index is 470. The van der Waals surface area contributed by atoms with Crippen LogP contribution in [0.1, 0.15) is 53.4 Å². The second-order valence-corrected chi connectivity index (χ2v) is 9.64. The van der Waals surface area contributed by atoms with Gasteiger partial charge in [-0.2, -0.15) is 0 Å². The first-order valence-electron chi connectivity index (χ1n) is 9.21. The molecule has 0 bridgehead atoms. The van der Waals surface area contributed by atoms with Crippen LogP contribution in [0.4, 0.5) is 0 Å². The molecule has 4 fully saturated rings. The van der Waals surface area contributed by atoms with Gasteiger partial charge in [-0.3, -0.25) is 0 Å². The largest absolute Gasteiger partial charge is 0.327 e. The molecule has 2 N–H and O–H groups in total. The molecule has 0 aromatic rings. The second-order valence-electron chi connectivity index (χ2n) is 9.64. The standard InChI is InChI=1S/C20H33N/c1-6-11(2)18-12(3)7-14-13-8-15-17(21)10-19(15,4)16(13)9-20(14,18)5/h6,11-18H,1,7-10,21H2,2-5H3. The SMILES string of the molecule is C=CC(C)C1C(C)CC2C3CC4C(N)CC4(C)C3CC21C. The molecule has 0 saturated heterocycles. The van der Waals surface area contributed by atoms with Gasteiger partial charge < -0.3 is 5.73 Å². The highest BCUT2D eigenvalue weighted by atomic mass is 14.8. The Kier molecular flexibility index (Phi) is 2.83. The van der Waals surface area contributed by atoms with E-state index in [-0.39, 0.29) is 0 Å². The molecule has 10 atom stereocenters. The zero-order valence-electron chi connectivity index (χ0n) is 14.3. The molecular formula is C20H33N. The first-order chi connectivity index (χ1) is 9.83. The van der Waals surface area contributed by atoms with Gasteiger partial charge in [-0.05, 0) is 77.9 Å². The lowest BCUT2D eigenvalue weighted by molar-refractivity contribution is -0.00302. The minimum absolute atomic E-state index is 0.508. The minimum Gasteiger partial charge on any atom is -0.327 e. The van der Waals surface area contributed by atoms with Gasteiger partial charge in [0, 0.05) is 6.04 Å². The predicted molar refractivity (Wildman–Crippen MR) is 88.6 cm³/mol. The normalized spacial score (nSPS) is 62.6. The Labute approximate surface area is 130 Å². The summed E-state index contributed by atoms with van der Waals surface area (Å²) in [5, 5.41) is 0. The third-order valence-corrected chi connectivity index (χ3v) is 8.89. The predicted octanol–water partition coefficient (Wildman–Crippen LogP) is 4.48. The molecule has 10 unspecified atom stereocenters. The first kappa shape index (κ1) is 14.3. The Morgan fingerprint density at radius 2 is 1.81 bits per heavy atom. The van der Waals surface area contributed by atoms with Gasteiger partial charge in [0.15, 0.2) is 0 Å². The van der Waals surface area contributed by atoms with Crippen molar-refractivity contribution in [3.8, 4) is 0 Å². The average molecular weight is 287 g/mol. The van der Waals surface area contributed by atoms with E-state index < -0.39 is 0 Å². The van der Waals surface area contributed by atoms with Gasteiger partial charge in [0.2, 0.25) is 0 Å². The minimum atomic E-state index is 0.508. The lowest BCUT2D eigenvalue weighted by Gasteiger charge is -2.52. The van der Waals surface area contributed by atoms with Crippen molar-refractivity contribution < 1.29 is 0 Å². The van der Waals surface area contributed by atoms with Crippen molar-refractivity contribution in [2.75, 3.05) is 0 Å². The fraction of sp³-hybridized carbons (Fsp3) is 0.900. The fourth-order valence-corrected chi connectivity index (χ4v) is 8.18. The van der Waals surface area contributed by atoms with Crippen molar-refractivity contribution >= 4 is 0 Å². The third kappa shape index (κ3) is 1.52. The molecule has 0 amide bonds. The Morgan fingerprint density at radius 3 is 2.43 bits per heavy atom. The molecule has 0 aromatic carbocycles. The van der Waals surface area contributed by atoms with Crippen LogP contribution in [-0.4, -0.2) is 6.04 Å². The smallest absolute Gasteiger partial charge is 0.00779 e. The summed E-state index contributed by atoms with van der Waals surface area (Å²) in [6, 6.07) is 0.508. The van der Waals surface area contributed by atoms with E-state index in [0.717, 1.165) is 35.5 Å². The highest BCUT2D eigenvalue weighted by Gasteiger charge is 2.70. The van der Waals surface area contributed by atoms with Gasteiger partial charge >= 0.3 is 0 Å². The highest BCUT2D eigenvalue weighted by Crippen LogP contribution is 2.75. The van der Waals surface area contributed by atoms with Crippen molar-refractivity contribution in [3.05, 3.63) is 12.7 Å². The summed E-state index contributed by atoms with van der Waals surface area (Å²) in [6.07, 6.45) is 7.86. The molecule has 4 saturated carbocycles. The monoisotopic (exact) mass is 287 g/mol. The second kappa shape index (κ2) is 4.16. The van der Waals surface area contributed by atoms with Crippen molar-refractivity contribution in [3.63, 3.8) is 0 Å². The van der Waals surface area contributed by atoms with E-state index in [4.69, 9.17) is 5.73 Å². The van der Waals surface area contributed by atoms with Crippen LogP contribution in [0.25, 0.3) is 0 Å². The molecule has 0 aromatic heterocycles. The summed E-state index contributed by atoms with van der Waals surface area (Å²) < 4.78 is 0. The molecule has 4 rings (SSSR count). The van der Waals surface area contributed by atoms with Crippen LogP contribution in [0.3, 0.4) is 0 Å². The van der Waals surface area contributed by atoms with E-state index in [1.807, 2.05) is 0 Å². The Morgan fingerprint density at radius 1 is 1.10 bits per heavy atom. The van der Waals surface area contributed by atoms with Gasteiger partial charge in [-0.25, -0.2) is 0 Å². The maximum Gasteiger partial charge on any atom is 0.00779 e. The van der Waals surface area contributed by atoms with E-state index in [1.165, 1.54) is 25.7 Å². The van der Waals surface area contributed by atoms with Crippen molar-refractivity contribution in [2.24, 2.45) is 58.0 Å². The van der Waals surface area contributed by atoms with Gasteiger partial charge in [-0.1, -0.05) is 33.8 Å². The summed E-state index contributed by atoms with van der Waals surface area (Å²) in [5.41, 5.74) is 7.48. The van der Waals surface area contributed by atoms with Crippen LogP contribution in [0.2, 0.25) is 0 Å². The molecule has 1 nitrogen and oxygen atoms in total. The molecule has 118 valence electrons. The molecule has 4 aliphatic carbocycles. The van der Waals surface area contributed by atoms with Gasteiger partial charge in [0.1, 0.15) is 0 Å². The van der Waals surface area contributed by atoms with E-state index in [2.05, 4.69) is 40.3 Å². The van der Waals surface area contributed by atoms with E-state index in [0.29, 0.717) is 22.8 Å². The first-order valence-corrected chi connectivity index (χ1v) is 9.21. The lowest BCUT2D eigenvalue weighted by atomic mass is 9.55. The van der Waals surface area contributed by atoms with Crippen molar-refractivity contribution in [1.29, 1.82) is 0 Å². The summed E-state index contributed by atoms with van der Waals surface area (Å²) >= 11 is 0. The molecule has 0 heterocycles. The van der Waals surface area contributed by atoms with Crippen LogP contribution in [0.15, 0.2) is 12.7 Å². The van der Waals surface area contributed by atoms with Crippen molar-refractivity contribution in [2.45, 2.75) is 59.4 Å². The number of rotatable bonds is 2. The van der Waals surface area contributed by atoms with Crippen LogP contribution >= 0.6 is 0 Å². The van der Waals surface area contributed by atoms with E-state index >= 15 is 0 Å². The maximum absolute atomic E-state index is 6.33. The fourth-order valence-electron chi connectivity index (χ4n) is 8.18. The van der Waals surface area contributed by atoms with Gasteiger partial charge in [-0.15, -0.1) is 6.58 Å². The molecular weight excluding hydrogens is 254 g/mol. The number of allylic oxidation sites excluding steroid dienone is 1. The molecule has 0 spiro atoms. The number of hydrogen-bond acceptors (Lipinski definition) is 1. The lowest BCUT2D eigenvalue weighted by Crippen LogP contribution is -2.54. The Hall–Kier alpha value is -0.300. The maximum atomic E-state index is 6.33. The molecule has 1 heteroatoms. The molecule has 0 aliphatic heterocycles. The Balaban J connectivity index is 1.67. The van der Waals surface area contributed by atoms with Crippen LogP contribution in [0.5, 0.6) is 0 Å². The summed E-state index contributed by atoms with van der Waals surface area (Å²) in [7, 11) is 0. The quantitative estimate of drug-likeness (QED) is 0.745. The summed E-state index contributed by atoms with van der Waals surface area (Å²) in [6.45, 7) is 14.2. The molecule has 21 heavy (non-hydrogen) atoms. The number of fused-ring (bicyclic) bond motifs is 5. The van der Waals surface area contributed by atoms with Gasteiger partial charge in [0.25, 0.3) is 0 Å². The molecule has 0 radical (unpaired) electrons. The highest BCUT2D eigenvalue weighted by molar-refractivity contribution is 5.20. The zero-order valence-corrected chi connectivity index (χ0v) is 14.3. The van der Waals surface area contributed by atoms with Crippen molar-refractivity contribution in [1.82, 2.24) is 0 Å². The number of hydrogen-bond donors (Lipinski definition) is 1. The number of nitrogens with two attached hydrogens (primary N) is 1. The summed E-state index contributed by atoms with van der Waals surface area (Å²) in [4.78, 5) is 0. The molecule has 4 aliphatic rings. The van der Waals surface area contributed by atoms with Crippen LogP contribution in [0, 0.1) is 52.3 Å². The van der Waals surface area contributed by atoms with Crippen LogP contribution in [-0.2, 0) is 0 Å². The zero-order chi connectivity index (χ0) is 15.2. The third-order valence-electron chi connectivity index (χ3n) is 8.89. The van der Waals surface area contributed by atoms with E-state index in [9.17, 15) is 0 Å². The average Bonchev–Trinajstić information content (AvgIpc) is 2.91. The summed E-state index contributed by atoms with van der Waals surface area (Å²) in [5.74, 6) is 6.12.